The highest BCUT2D eigenvalue weighted by Gasteiger charge is 2.55. The van der Waals surface area contributed by atoms with Crippen LogP contribution in [0.25, 0.3) is 0 Å². The first-order valence-electron chi connectivity index (χ1n) is 7.65. The zero-order valence-electron chi connectivity index (χ0n) is 11.3. The van der Waals surface area contributed by atoms with Gasteiger partial charge in [-0.25, -0.2) is 0 Å². The summed E-state index contributed by atoms with van der Waals surface area (Å²) in [6.45, 7) is 1.60. The van der Waals surface area contributed by atoms with Gasteiger partial charge in [-0.1, -0.05) is 24.3 Å². The largest absolute Gasteiger partial charge is 0.389 e. The van der Waals surface area contributed by atoms with Crippen LogP contribution in [0.5, 0.6) is 0 Å². The minimum atomic E-state index is -0.477. The van der Waals surface area contributed by atoms with E-state index in [4.69, 9.17) is 4.74 Å². The van der Waals surface area contributed by atoms with E-state index in [-0.39, 0.29) is 0 Å². The Morgan fingerprint density at radius 1 is 0.947 bits per heavy atom. The van der Waals surface area contributed by atoms with Crippen molar-refractivity contribution < 1.29 is 9.84 Å². The summed E-state index contributed by atoms with van der Waals surface area (Å²) in [4.78, 5) is 0. The first-order valence-corrected chi connectivity index (χ1v) is 7.65. The van der Waals surface area contributed by atoms with Crippen LogP contribution < -0.4 is 0 Å². The standard InChI is InChI=1S/C17H22O2/c18-17(16-7-8-19-11-16)14-5-6-15(17)10-13-4-2-1-3-12(13)9-14/h1-4,14-16,18H,5-11H2. The fraction of sp³-hybridized carbons (Fsp3) is 0.647. The Hall–Kier alpha value is -0.860. The zero-order chi connectivity index (χ0) is 12.9. The number of benzene rings is 1. The van der Waals surface area contributed by atoms with Gasteiger partial charge in [0.2, 0.25) is 0 Å². The molecule has 0 spiro atoms. The summed E-state index contributed by atoms with van der Waals surface area (Å²) in [5, 5.41) is 11.4. The van der Waals surface area contributed by atoms with E-state index in [0.717, 1.165) is 32.5 Å². The number of aliphatic hydroxyl groups is 1. The lowest BCUT2D eigenvalue weighted by atomic mass is 9.72. The van der Waals surface area contributed by atoms with Crippen molar-refractivity contribution in [3.63, 3.8) is 0 Å². The van der Waals surface area contributed by atoms with Gasteiger partial charge in [-0.05, 0) is 55.1 Å². The van der Waals surface area contributed by atoms with Gasteiger partial charge in [-0.3, -0.25) is 0 Å². The fourth-order valence-electron chi connectivity index (χ4n) is 4.78. The van der Waals surface area contributed by atoms with Gasteiger partial charge in [0.25, 0.3) is 0 Å². The molecule has 1 aromatic carbocycles. The number of ether oxygens (including phenoxy) is 1. The molecule has 2 nitrogen and oxygen atoms in total. The molecule has 2 aliphatic carbocycles. The lowest BCUT2D eigenvalue weighted by molar-refractivity contribution is -0.0848. The molecule has 1 aliphatic heterocycles. The summed E-state index contributed by atoms with van der Waals surface area (Å²) in [5.41, 5.74) is 2.45. The van der Waals surface area contributed by atoms with Gasteiger partial charge < -0.3 is 9.84 Å². The van der Waals surface area contributed by atoms with Crippen LogP contribution >= 0.6 is 0 Å². The van der Waals surface area contributed by atoms with Gasteiger partial charge in [0, 0.05) is 12.5 Å². The van der Waals surface area contributed by atoms with Crippen LogP contribution in [0.15, 0.2) is 24.3 Å². The van der Waals surface area contributed by atoms with E-state index < -0.39 is 5.60 Å². The number of rotatable bonds is 1. The molecule has 102 valence electrons. The SMILES string of the molecule is OC1(C2CCOC2)C2CCC1Cc1ccccc1C2. The molecule has 3 unspecified atom stereocenters. The third kappa shape index (κ3) is 1.70. The molecule has 3 atom stereocenters. The second-order valence-corrected chi connectivity index (χ2v) is 6.60. The highest BCUT2D eigenvalue weighted by atomic mass is 16.5. The first-order chi connectivity index (χ1) is 9.28. The second kappa shape index (κ2) is 4.32. The van der Waals surface area contributed by atoms with Crippen LogP contribution in [0.3, 0.4) is 0 Å². The van der Waals surface area contributed by atoms with Crippen LogP contribution in [0.4, 0.5) is 0 Å². The van der Waals surface area contributed by atoms with Crippen LogP contribution in [0.1, 0.15) is 30.4 Å². The van der Waals surface area contributed by atoms with E-state index in [9.17, 15) is 5.11 Å². The third-order valence-electron chi connectivity index (χ3n) is 5.81. The van der Waals surface area contributed by atoms with E-state index in [0.29, 0.717) is 17.8 Å². The Morgan fingerprint density at radius 2 is 1.58 bits per heavy atom. The zero-order valence-corrected chi connectivity index (χ0v) is 11.3. The van der Waals surface area contributed by atoms with Gasteiger partial charge in [0.1, 0.15) is 0 Å². The van der Waals surface area contributed by atoms with Gasteiger partial charge in [-0.2, -0.15) is 0 Å². The monoisotopic (exact) mass is 258 g/mol. The lowest BCUT2D eigenvalue weighted by Crippen LogP contribution is -2.47. The number of hydrogen-bond acceptors (Lipinski definition) is 2. The summed E-state index contributed by atoms with van der Waals surface area (Å²) in [7, 11) is 0. The van der Waals surface area contributed by atoms with Gasteiger partial charge in [0.15, 0.2) is 0 Å². The van der Waals surface area contributed by atoms with Gasteiger partial charge in [0.05, 0.1) is 12.2 Å². The molecule has 1 aromatic rings. The topological polar surface area (TPSA) is 29.5 Å². The van der Waals surface area contributed by atoms with Crippen LogP contribution in [-0.4, -0.2) is 23.9 Å². The Kier molecular flexibility index (Phi) is 2.71. The van der Waals surface area contributed by atoms with Gasteiger partial charge in [-0.15, -0.1) is 0 Å². The van der Waals surface area contributed by atoms with Crippen molar-refractivity contribution >= 4 is 0 Å². The van der Waals surface area contributed by atoms with E-state index in [1.165, 1.54) is 24.0 Å². The molecular formula is C17H22O2. The second-order valence-electron chi connectivity index (χ2n) is 6.60. The molecule has 0 aromatic heterocycles. The number of hydrogen-bond donors (Lipinski definition) is 1. The highest BCUT2D eigenvalue weighted by molar-refractivity contribution is 5.32. The summed E-state index contributed by atoms with van der Waals surface area (Å²) in [6.07, 6.45) is 5.52. The molecule has 0 amide bonds. The van der Waals surface area contributed by atoms with E-state index in [1.54, 1.807) is 0 Å². The smallest absolute Gasteiger partial charge is 0.0760 e. The molecule has 1 saturated heterocycles. The van der Waals surface area contributed by atoms with Gasteiger partial charge >= 0.3 is 0 Å². The maximum absolute atomic E-state index is 11.4. The molecule has 1 heterocycles. The molecule has 3 aliphatic rings. The summed E-state index contributed by atoms with van der Waals surface area (Å²) >= 11 is 0. The Labute approximate surface area is 114 Å². The Balaban J connectivity index is 1.73. The molecule has 19 heavy (non-hydrogen) atoms. The fourth-order valence-corrected chi connectivity index (χ4v) is 4.78. The molecule has 0 radical (unpaired) electrons. The first kappa shape index (κ1) is 11.9. The Bertz CT molecular complexity index is 443. The van der Waals surface area contributed by atoms with Crippen molar-refractivity contribution in [2.24, 2.45) is 17.8 Å². The number of fused-ring (bicyclic) bond motifs is 3. The maximum atomic E-state index is 11.4. The normalized spacial score (nSPS) is 41.0. The van der Waals surface area contributed by atoms with Crippen LogP contribution in [0, 0.1) is 17.8 Å². The average Bonchev–Trinajstić information content (AvgIpc) is 2.99. The van der Waals surface area contributed by atoms with Crippen molar-refractivity contribution in [2.45, 2.75) is 37.7 Å². The van der Waals surface area contributed by atoms with Crippen molar-refractivity contribution in [3.8, 4) is 0 Å². The summed E-state index contributed by atoms with van der Waals surface area (Å²) in [5.74, 6) is 1.24. The van der Waals surface area contributed by atoms with Crippen molar-refractivity contribution in [1.82, 2.24) is 0 Å². The minimum absolute atomic E-state index is 0.360. The molecule has 2 bridgehead atoms. The molecule has 4 rings (SSSR count). The third-order valence-corrected chi connectivity index (χ3v) is 5.81. The molecule has 2 heteroatoms. The van der Waals surface area contributed by atoms with Crippen molar-refractivity contribution in [3.05, 3.63) is 35.4 Å². The predicted octanol–water partition coefficient (Wildman–Crippen LogP) is 2.58. The molecular weight excluding hydrogens is 236 g/mol. The Morgan fingerprint density at radius 3 is 2.11 bits per heavy atom. The van der Waals surface area contributed by atoms with Crippen molar-refractivity contribution in [1.29, 1.82) is 0 Å². The maximum Gasteiger partial charge on any atom is 0.0760 e. The summed E-state index contributed by atoms with van der Waals surface area (Å²) < 4.78 is 5.56. The van der Waals surface area contributed by atoms with Crippen LogP contribution in [0.2, 0.25) is 0 Å². The van der Waals surface area contributed by atoms with E-state index >= 15 is 0 Å². The average molecular weight is 258 g/mol. The molecule has 1 N–H and O–H groups in total. The van der Waals surface area contributed by atoms with E-state index in [1.807, 2.05) is 0 Å². The molecule has 2 fully saturated rings. The van der Waals surface area contributed by atoms with Crippen LogP contribution in [-0.2, 0) is 17.6 Å². The lowest BCUT2D eigenvalue weighted by Gasteiger charge is -2.38. The predicted molar refractivity (Wildman–Crippen MR) is 73.9 cm³/mol. The van der Waals surface area contributed by atoms with E-state index in [2.05, 4.69) is 24.3 Å². The van der Waals surface area contributed by atoms with Crippen molar-refractivity contribution in [2.75, 3.05) is 13.2 Å². The molecule has 1 saturated carbocycles. The summed E-state index contributed by atoms with van der Waals surface area (Å²) in [6, 6.07) is 8.77. The highest BCUT2D eigenvalue weighted by Crippen LogP contribution is 2.52. The minimum Gasteiger partial charge on any atom is -0.389 e. The quantitative estimate of drug-likeness (QED) is 0.839.